The van der Waals surface area contributed by atoms with Crippen molar-refractivity contribution in [1.82, 2.24) is 19.4 Å². The third-order valence-electron chi connectivity index (χ3n) is 6.87. The van der Waals surface area contributed by atoms with Crippen LogP contribution in [0.15, 0.2) is 36.4 Å². The fourth-order valence-electron chi connectivity index (χ4n) is 4.57. The zero-order valence-electron chi connectivity index (χ0n) is 21.8. The molecule has 1 fully saturated rings. The van der Waals surface area contributed by atoms with Gasteiger partial charge < -0.3 is 15.1 Å². The van der Waals surface area contributed by atoms with Gasteiger partial charge in [0, 0.05) is 30.9 Å². The van der Waals surface area contributed by atoms with E-state index in [0.717, 1.165) is 86.6 Å². The Morgan fingerprint density at radius 2 is 1.77 bits per heavy atom. The summed E-state index contributed by atoms with van der Waals surface area (Å²) < 4.78 is 2.22. The summed E-state index contributed by atoms with van der Waals surface area (Å²) in [6, 6.07) is 11.8. The zero-order chi connectivity index (χ0) is 24.8. The molecule has 0 saturated heterocycles. The van der Waals surface area contributed by atoms with Gasteiger partial charge in [-0.1, -0.05) is 20.8 Å². The SMILES string of the molecule is CCCN(CC1CC1)c1ccc2nc(Nc3ccc(C(C)=O)cc3)n(CCCN(CC)CC)c2n1. The molecule has 0 spiro atoms. The highest BCUT2D eigenvalue weighted by molar-refractivity contribution is 5.94. The first-order valence-corrected chi connectivity index (χ1v) is 13.2. The molecule has 188 valence electrons. The second-order valence-corrected chi connectivity index (χ2v) is 9.63. The van der Waals surface area contributed by atoms with Crippen LogP contribution in [-0.4, -0.2) is 57.9 Å². The topological polar surface area (TPSA) is 66.3 Å². The Bertz CT molecular complexity index is 1110. The van der Waals surface area contributed by atoms with Gasteiger partial charge in [-0.25, -0.2) is 9.97 Å². The van der Waals surface area contributed by atoms with E-state index in [0.29, 0.717) is 5.56 Å². The Morgan fingerprint density at radius 3 is 2.40 bits per heavy atom. The summed E-state index contributed by atoms with van der Waals surface area (Å²) in [6.07, 6.45) is 4.81. The quantitative estimate of drug-likeness (QED) is 0.300. The molecule has 7 heteroatoms. The second-order valence-electron chi connectivity index (χ2n) is 9.63. The predicted molar refractivity (Wildman–Crippen MR) is 145 cm³/mol. The van der Waals surface area contributed by atoms with E-state index in [-0.39, 0.29) is 5.78 Å². The van der Waals surface area contributed by atoms with Gasteiger partial charge in [-0.2, -0.15) is 0 Å². The van der Waals surface area contributed by atoms with E-state index in [1.165, 1.54) is 12.8 Å². The maximum absolute atomic E-state index is 11.7. The van der Waals surface area contributed by atoms with Crippen molar-refractivity contribution in [3.8, 4) is 0 Å². The molecule has 7 nitrogen and oxygen atoms in total. The van der Waals surface area contributed by atoms with E-state index in [2.05, 4.69) is 52.6 Å². The van der Waals surface area contributed by atoms with Crippen LogP contribution in [0.1, 0.15) is 63.7 Å². The van der Waals surface area contributed by atoms with E-state index in [1.807, 2.05) is 24.3 Å². The number of hydrogen-bond acceptors (Lipinski definition) is 6. The molecule has 1 saturated carbocycles. The van der Waals surface area contributed by atoms with Crippen LogP contribution >= 0.6 is 0 Å². The monoisotopic (exact) mass is 476 g/mol. The lowest BCUT2D eigenvalue weighted by atomic mass is 10.1. The number of imidazole rings is 1. The van der Waals surface area contributed by atoms with Gasteiger partial charge in [-0.15, -0.1) is 0 Å². The van der Waals surface area contributed by atoms with Crippen molar-refractivity contribution in [1.29, 1.82) is 0 Å². The molecule has 0 aliphatic heterocycles. The smallest absolute Gasteiger partial charge is 0.209 e. The van der Waals surface area contributed by atoms with Crippen LogP contribution in [-0.2, 0) is 6.54 Å². The molecule has 0 bridgehead atoms. The Hall–Kier alpha value is -2.93. The van der Waals surface area contributed by atoms with E-state index >= 15 is 0 Å². The van der Waals surface area contributed by atoms with Crippen LogP contribution in [0.2, 0.25) is 0 Å². The number of nitrogens with one attached hydrogen (secondary N) is 1. The number of hydrogen-bond donors (Lipinski definition) is 1. The minimum Gasteiger partial charge on any atom is -0.356 e. The van der Waals surface area contributed by atoms with Crippen molar-refractivity contribution in [2.45, 2.75) is 59.9 Å². The van der Waals surface area contributed by atoms with Gasteiger partial charge in [-0.05, 0) is 94.6 Å². The lowest BCUT2D eigenvalue weighted by molar-refractivity contribution is 0.101. The molecular formula is C28H40N6O. The van der Waals surface area contributed by atoms with Gasteiger partial charge in [0.1, 0.15) is 11.3 Å². The third-order valence-corrected chi connectivity index (χ3v) is 6.87. The van der Waals surface area contributed by atoms with Crippen LogP contribution in [0.5, 0.6) is 0 Å². The highest BCUT2D eigenvalue weighted by atomic mass is 16.1. The number of aromatic nitrogens is 3. The van der Waals surface area contributed by atoms with Gasteiger partial charge in [0.25, 0.3) is 0 Å². The maximum Gasteiger partial charge on any atom is 0.209 e. The van der Waals surface area contributed by atoms with Crippen molar-refractivity contribution >= 4 is 34.4 Å². The van der Waals surface area contributed by atoms with Crippen LogP contribution in [0.25, 0.3) is 11.2 Å². The average Bonchev–Trinajstić information content (AvgIpc) is 3.62. The number of nitrogens with zero attached hydrogens (tertiary/aromatic N) is 5. The first-order chi connectivity index (χ1) is 17.0. The van der Waals surface area contributed by atoms with Crippen molar-refractivity contribution in [3.05, 3.63) is 42.0 Å². The fourth-order valence-corrected chi connectivity index (χ4v) is 4.57. The molecule has 1 N–H and O–H groups in total. The lowest BCUT2D eigenvalue weighted by Crippen LogP contribution is -2.27. The number of benzene rings is 1. The molecule has 1 aliphatic carbocycles. The number of carbonyl (C=O) groups excluding carboxylic acids is 1. The number of ketones is 1. The summed E-state index contributed by atoms with van der Waals surface area (Å²) in [4.78, 5) is 26.6. The summed E-state index contributed by atoms with van der Waals surface area (Å²) in [6.45, 7) is 14.4. The number of Topliss-reactive ketones (excluding diaryl/α,β-unsaturated/α-hetero) is 1. The Labute approximate surface area is 209 Å². The van der Waals surface area contributed by atoms with Gasteiger partial charge in [0.05, 0.1) is 0 Å². The van der Waals surface area contributed by atoms with E-state index in [1.54, 1.807) is 6.92 Å². The molecule has 0 radical (unpaired) electrons. The molecule has 1 aromatic carbocycles. The molecule has 2 heterocycles. The highest BCUT2D eigenvalue weighted by Gasteiger charge is 2.25. The normalized spacial score (nSPS) is 13.5. The van der Waals surface area contributed by atoms with Gasteiger partial charge >= 0.3 is 0 Å². The minimum absolute atomic E-state index is 0.0692. The van der Waals surface area contributed by atoms with Gasteiger partial charge in [0.2, 0.25) is 5.95 Å². The standard InChI is InChI=1S/C28H40N6O/c1-5-17-33(20-22-9-10-22)26-16-15-25-27(31-26)34(19-8-18-32(6-2)7-3)28(30-25)29-24-13-11-23(12-14-24)21(4)35/h11-16,22H,5-10,17-20H2,1-4H3,(H,29,30). The Morgan fingerprint density at radius 1 is 1.03 bits per heavy atom. The number of pyridine rings is 1. The summed E-state index contributed by atoms with van der Waals surface area (Å²) in [7, 11) is 0. The van der Waals surface area contributed by atoms with Crippen LogP contribution in [0, 0.1) is 5.92 Å². The Balaban J connectivity index is 1.64. The summed E-state index contributed by atoms with van der Waals surface area (Å²) in [5.41, 5.74) is 3.46. The van der Waals surface area contributed by atoms with E-state index < -0.39 is 0 Å². The minimum atomic E-state index is 0.0692. The summed E-state index contributed by atoms with van der Waals surface area (Å²) >= 11 is 0. The van der Waals surface area contributed by atoms with Gasteiger partial charge in [-0.3, -0.25) is 9.36 Å². The van der Waals surface area contributed by atoms with E-state index in [4.69, 9.17) is 9.97 Å². The molecule has 2 aromatic heterocycles. The Kier molecular flexibility index (Phi) is 8.39. The number of anilines is 3. The van der Waals surface area contributed by atoms with Crippen molar-refractivity contribution in [2.24, 2.45) is 5.92 Å². The van der Waals surface area contributed by atoms with Crippen molar-refractivity contribution in [2.75, 3.05) is 42.9 Å². The fraction of sp³-hybridized carbons (Fsp3) is 0.536. The molecule has 3 aromatic rings. The summed E-state index contributed by atoms with van der Waals surface area (Å²) in [5, 5.41) is 3.48. The van der Waals surface area contributed by atoms with Crippen LogP contribution < -0.4 is 10.2 Å². The average molecular weight is 477 g/mol. The van der Waals surface area contributed by atoms with Crippen molar-refractivity contribution in [3.63, 3.8) is 0 Å². The second kappa shape index (κ2) is 11.7. The van der Waals surface area contributed by atoms with Crippen LogP contribution in [0.4, 0.5) is 17.5 Å². The predicted octanol–water partition coefficient (Wildman–Crippen LogP) is 5.74. The molecule has 35 heavy (non-hydrogen) atoms. The lowest BCUT2D eigenvalue weighted by Gasteiger charge is -2.23. The number of fused-ring (bicyclic) bond motifs is 1. The number of aryl methyl sites for hydroxylation is 1. The molecule has 0 amide bonds. The maximum atomic E-state index is 11.7. The molecular weight excluding hydrogens is 436 g/mol. The van der Waals surface area contributed by atoms with Gasteiger partial charge in [0.15, 0.2) is 11.4 Å². The zero-order valence-corrected chi connectivity index (χ0v) is 21.8. The molecule has 0 unspecified atom stereocenters. The number of rotatable bonds is 14. The number of carbonyl (C=O) groups is 1. The van der Waals surface area contributed by atoms with Crippen molar-refractivity contribution < 1.29 is 4.79 Å². The third kappa shape index (κ3) is 6.40. The molecule has 4 rings (SSSR count). The van der Waals surface area contributed by atoms with Crippen LogP contribution in [0.3, 0.4) is 0 Å². The largest absolute Gasteiger partial charge is 0.356 e. The first kappa shape index (κ1) is 25.2. The highest BCUT2D eigenvalue weighted by Crippen LogP contribution is 2.32. The molecule has 0 atom stereocenters. The first-order valence-electron chi connectivity index (χ1n) is 13.2. The molecule has 1 aliphatic rings. The van der Waals surface area contributed by atoms with E-state index in [9.17, 15) is 4.79 Å². The summed E-state index contributed by atoms with van der Waals surface area (Å²) in [5.74, 6) is 2.73.